The Morgan fingerprint density at radius 3 is 2.59 bits per heavy atom. The molecule has 6 nitrogen and oxygen atoms in total. The molecule has 1 atom stereocenters. The number of nitrogens with two attached hydrogens (primary N) is 1. The number of hydrogen-bond acceptors (Lipinski definition) is 5. The van der Waals surface area contributed by atoms with E-state index in [1.54, 1.807) is 24.3 Å². The first-order chi connectivity index (χ1) is 18.5. The van der Waals surface area contributed by atoms with Crippen molar-refractivity contribution in [1.29, 1.82) is 0 Å². The zero-order chi connectivity index (χ0) is 27.9. The topological polar surface area (TPSA) is 73.4 Å². The van der Waals surface area contributed by atoms with Crippen LogP contribution in [0.2, 0.25) is 10.0 Å². The van der Waals surface area contributed by atoms with Crippen LogP contribution in [0.5, 0.6) is 0 Å². The van der Waals surface area contributed by atoms with Crippen LogP contribution in [0.3, 0.4) is 0 Å². The van der Waals surface area contributed by atoms with E-state index in [-0.39, 0.29) is 22.6 Å². The number of benzene rings is 2. The molecule has 1 aliphatic carbocycles. The Bertz CT molecular complexity index is 1520. The fraction of sp³-hybridized carbons (Fsp3) is 0.419. The molecule has 1 fully saturated rings. The molecule has 2 aliphatic rings. The fourth-order valence-corrected chi connectivity index (χ4v) is 6.08. The van der Waals surface area contributed by atoms with Gasteiger partial charge < -0.3 is 15.4 Å². The van der Waals surface area contributed by atoms with E-state index in [0.29, 0.717) is 34.0 Å². The first-order valence-corrected chi connectivity index (χ1v) is 14.0. The number of halogens is 2. The van der Waals surface area contributed by atoms with Crippen LogP contribution in [-0.2, 0) is 11.2 Å². The molecule has 2 heterocycles. The predicted molar refractivity (Wildman–Crippen MR) is 158 cm³/mol. The fourth-order valence-electron chi connectivity index (χ4n) is 5.70. The van der Waals surface area contributed by atoms with Gasteiger partial charge in [0, 0.05) is 30.8 Å². The van der Waals surface area contributed by atoms with Gasteiger partial charge in [0.05, 0.1) is 21.3 Å². The summed E-state index contributed by atoms with van der Waals surface area (Å²) in [5, 5.41) is 0.731. The van der Waals surface area contributed by atoms with Crippen molar-refractivity contribution in [1.82, 2.24) is 9.55 Å². The molecule has 8 heteroatoms. The predicted octanol–water partition coefficient (Wildman–Crippen LogP) is 5.86. The van der Waals surface area contributed by atoms with Crippen molar-refractivity contribution in [3.8, 4) is 17.5 Å². The second-order valence-corrected chi connectivity index (χ2v) is 12.3. The summed E-state index contributed by atoms with van der Waals surface area (Å²) in [4.78, 5) is 20.1. The first-order valence-electron chi connectivity index (χ1n) is 13.3. The summed E-state index contributed by atoms with van der Waals surface area (Å²) in [6.45, 7) is 9.85. The van der Waals surface area contributed by atoms with Crippen LogP contribution >= 0.6 is 23.2 Å². The Morgan fingerprint density at radius 2 is 1.90 bits per heavy atom. The number of rotatable bonds is 3. The molecule has 0 unspecified atom stereocenters. The van der Waals surface area contributed by atoms with E-state index in [4.69, 9.17) is 38.7 Å². The molecule has 0 amide bonds. The number of fused-ring (bicyclic) bond motifs is 1. The molecule has 1 spiro atoms. The van der Waals surface area contributed by atoms with Crippen LogP contribution in [0, 0.1) is 24.2 Å². The summed E-state index contributed by atoms with van der Waals surface area (Å²) in [5.74, 6) is 7.59. The van der Waals surface area contributed by atoms with Gasteiger partial charge in [-0.1, -0.05) is 47.2 Å². The van der Waals surface area contributed by atoms with E-state index in [1.165, 1.54) is 15.7 Å². The van der Waals surface area contributed by atoms with E-state index in [0.717, 1.165) is 37.9 Å². The summed E-state index contributed by atoms with van der Waals surface area (Å²) >= 11 is 12.6. The van der Waals surface area contributed by atoms with Crippen molar-refractivity contribution in [3.05, 3.63) is 85.4 Å². The quantitative estimate of drug-likeness (QED) is 0.403. The third-order valence-corrected chi connectivity index (χ3v) is 8.63. The first kappa shape index (κ1) is 27.7. The largest absolute Gasteiger partial charge is 0.363 e. The number of piperidine rings is 1. The molecular formula is C31H34Cl2N4O2. The SMILES string of the molecule is Cc1nc(N2CCC3(CC2)Cc2ccc(C#CCOC(C)(C)C)cc2[C@H]3N)cc(=O)n1-c1cccc(Cl)c1Cl. The zero-order valence-electron chi connectivity index (χ0n) is 22.9. The third kappa shape index (κ3) is 5.60. The van der Waals surface area contributed by atoms with Crippen LogP contribution in [0.25, 0.3) is 5.69 Å². The van der Waals surface area contributed by atoms with Crippen LogP contribution in [0.4, 0.5) is 5.82 Å². The molecule has 1 saturated heterocycles. The van der Waals surface area contributed by atoms with Gasteiger partial charge in [0.15, 0.2) is 0 Å². The van der Waals surface area contributed by atoms with Gasteiger partial charge in [-0.3, -0.25) is 9.36 Å². The number of nitrogens with zero attached hydrogens (tertiary/aromatic N) is 3. The summed E-state index contributed by atoms with van der Waals surface area (Å²) < 4.78 is 7.22. The summed E-state index contributed by atoms with van der Waals surface area (Å²) in [6, 6.07) is 13.2. The minimum atomic E-state index is -0.204. The summed E-state index contributed by atoms with van der Waals surface area (Å²) in [5.41, 5.74) is 10.5. The lowest BCUT2D eigenvalue weighted by molar-refractivity contribution is 0.0181. The molecule has 2 aromatic carbocycles. The van der Waals surface area contributed by atoms with E-state index in [1.807, 2.05) is 27.7 Å². The van der Waals surface area contributed by atoms with Gasteiger partial charge in [-0.25, -0.2) is 4.98 Å². The maximum atomic E-state index is 13.1. The van der Waals surface area contributed by atoms with E-state index < -0.39 is 0 Å². The van der Waals surface area contributed by atoms with Crippen molar-refractivity contribution in [2.24, 2.45) is 11.1 Å². The Labute approximate surface area is 240 Å². The molecule has 0 radical (unpaired) electrons. The monoisotopic (exact) mass is 564 g/mol. The number of hydrogen-bond donors (Lipinski definition) is 1. The average Bonchev–Trinajstić information content (AvgIpc) is 3.14. The highest BCUT2D eigenvalue weighted by Crippen LogP contribution is 2.51. The summed E-state index contributed by atoms with van der Waals surface area (Å²) in [6.07, 6.45) is 2.81. The van der Waals surface area contributed by atoms with Gasteiger partial charge in [-0.2, -0.15) is 0 Å². The van der Waals surface area contributed by atoms with Crippen LogP contribution < -0.4 is 16.2 Å². The number of aryl methyl sites for hydroxylation is 1. The second-order valence-electron chi connectivity index (χ2n) is 11.5. The number of ether oxygens (including phenoxy) is 1. The lowest BCUT2D eigenvalue weighted by Gasteiger charge is -2.42. The highest BCUT2D eigenvalue weighted by Gasteiger charge is 2.46. The molecule has 1 aliphatic heterocycles. The van der Waals surface area contributed by atoms with Crippen molar-refractivity contribution in [3.63, 3.8) is 0 Å². The van der Waals surface area contributed by atoms with Gasteiger partial charge in [0.1, 0.15) is 18.2 Å². The Balaban J connectivity index is 1.30. The minimum absolute atomic E-state index is 0.00141. The van der Waals surface area contributed by atoms with Crippen molar-refractivity contribution < 1.29 is 4.74 Å². The van der Waals surface area contributed by atoms with Gasteiger partial charge in [-0.15, -0.1) is 0 Å². The summed E-state index contributed by atoms with van der Waals surface area (Å²) in [7, 11) is 0. The molecule has 0 saturated carbocycles. The number of aromatic nitrogens is 2. The van der Waals surface area contributed by atoms with Crippen molar-refractivity contribution in [2.75, 3.05) is 24.6 Å². The van der Waals surface area contributed by atoms with Crippen LogP contribution in [0.15, 0.2) is 47.3 Å². The average molecular weight is 566 g/mol. The van der Waals surface area contributed by atoms with Gasteiger partial charge in [-0.05, 0) is 87.8 Å². The molecule has 1 aromatic heterocycles. The van der Waals surface area contributed by atoms with Gasteiger partial charge in [0.2, 0.25) is 0 Å². The van der Waals surface area contributed by atoms with E-state index in [2.05, 4.69) is 34.9 Å². The molecule has 3 aromatic rings. The Kier molecular flexibility index (Phi) is 7.56. The second kappa shape index (κ2) is 10.6. The van der Waals surface area contributed by atoms with Gasteiger partial charge >= 0.3 is 0 Å². The highest BCUT2D eigenvalue weighted by atomic mass is 35.5. The van der Waals surface area contributed by atoms with Crippen LogP contribution in [0.1, 0.15) is 62.2 Å². The smallest absolute Gasteiger partial charge is 0.260 e. The highest BCUT2D eigenvalue weighted by molar-refractivity contribution is 6.43. The van der Waals surface area contributed by atoms with Gasteiger partial charge in [0.25, 0.3) is 5.56 Å². The minimum Gasteiger partial charge on any atom is -0.363 e. The maximum absolute atomic E-state index is 13.1. The van der Waals surface area contributed by atoms with Crippen molar-refractivity contribution in [2.45, 2.75) is 58.6 Å². The number of anilines is 1. The molecule has 204 valence electrons. The zero-order valence-corrected chi connectivity index (χ0v) is 24.4. The normalized spacial score (nSPS) is 18.1. The molecular weight excluding hydrogens is 531 g/mol. The Hall–Kier alpha value is -2.82. The molecule has 39 heavy (non-hydrogen) atoms. The maximum Gasteiger partial charge on any atom is 0.260 e. The van der Waals surface area contributed by atoms with E-state index in [9.17, 15) is 4.79 Å². The van der Waals surface area contributed by atoms with Crippen LogP contribution in [-0.4, -0.2) is 34.8 Å². The lowest BCUT2D eigenvalue weighted by Crippen LogP contribution is -2.45. The Morgan fingerprint density at radius 1 is 1.15 bits per heavy atom. The standard InChI is InChI=1S/C31H34Cl2N4O2/c1-20-35-26(18-27(38)37(20)25-9-5-8-24(32)28(25)33)36-14-12-31(13-15-36)19-22-11-10-21(17-23(22)29(31)34)7-6-16-39-30(2,3)4/h5,8-11,17-18,29H,12-16,19,34H2,1-4H3/t29-/m1/s1. The molecule has 2 N–H and O–H groups in total. The lowest BCUT2D eigenvalue weighted by atomic mass is 9.73. The van der Waals surface area contributed by atoms with E-state index >= 15 is 0 Å². The van der Waals surface area contributed by atoms with Crippen molar-refractivity contribution >= 4 is 29.0 Å². The third-order valence-electron chi connectivity index (χ3n) is 7.82. The molecule has 5 rings (SSSR count). The molecule has 0 bridgehead atoms.